The van der Waals surface area contributed by atoms with Crippen LogP contribution in [0.1, 0.15) is 68.2 Å². The monoisotopic (exact) mass is 318 g/mol. The molecule has 0 amide bonds. The normalized spacial score (nSPS) is 15.1. The molecule has 0 spiro atoms. The van der Waals surface area contributed by atoms with Crippen molar-refractivity contribution in [1.82, 2.24) is 0 Å². The summed E-state index contributed by atoms with van der Waals surface area (Å²) in [6, 6.07) is 0. The van der Waals surface area contributed by atoms with Crippen molar-refractivity contribution in [2.24, 2.45) is 11.8 Å². The second-order valence-corrected chi connectivity index (χ2v) is 7.58. The van der Waals surface area contributed by atoms with Gasteiger partial charge in [-0.15, -0.1) is 0 Å². The van der Waals surface area contributed by atoms with E-state index in [4.69, 9.17) is 19.6 Å². The molecule has 0 fully saturated rings. The molecule has 0 aromatic heterocycles. The largest absolute Gasteiger partial charge is 0.345 e. The van der Waals surface area contributed by atoms with E-state index in [0.29, 0.717) is 12.8 Å². The molecule has 130 valence electrons. The lowest BCUT2D eigenvalue weighted by Crippen LogP contribution is -2.26. The SMILES string of the molecule is CC(CCC(C)C(=O)OOC(C)(C)C)C(=O)OOC(C)(C)C. The van der Waals surface area contributed by atoms with Crippen LogP contribution in [0.25, 0.3) is 0 Å². The van der Waals surface area contributed by atoms with E-state index < -0.39 is 23.1 Å². The minimum absolute atomic E-state index is 0.360. The van der Waals surface area contributed by atoms with E-state index in [1.54, 1.807) is 55.4 Å². The van der Waals surface area contributed by atoms with Gasteiger partial charge in [-0.25, -0.2) is 9.59 Å². The van der Waals surface area contributed by atoms with Gasteiger partial charge in [0.1, 0.15) is 11.2 Å². The quantitative estimate of drug-likeness (QED) is 0.528. The molecule has 6 nitrogen and oxygen atoms in total. The first-order valence-electron chi connectivity index (χ1n) is 7.61. The Hall–Kier alpha value is -1.14. The first-order valence-corrected chi connectivity index (χ1v) is 7.61. The third-order valence-electron chi connectivity index (χ3n) is 2.59. The molecule has 0 aliphatic carbocycles. The van der Waals surface area contributed by atoms with Crippen LogP contribution in [0.5, 0.6) is 0 Å². The van der Waals surface area contributed by atoms with Gasteiger partial charge in [0.25, 0.3) is 0 Å². The number of carbonyl (C=O) groups is 2. The first-order chi connectivity index (χ1) is 9.82. The summed E-state index contributed by atoms with van der Waals surface area (Å²) < 4.78 is 0. The van der Waals surface area contributed by atoms with Crippen LogP contribution in [0.3, 0.4) is 0 Å². The number of rotatable bonds is 7. The van der Waals surface area contributed by atoms with E-state index in [0.717, 1.165) is 0 Å². The highest BCUT2D eigenvalue weighted by Crippen LogP contribution is 2.18. The highest BCUT2D eigenvalue weighted by Gasteiger charge is 2.24. The van der Waals surface area contributed by atoms with Crippen LogP contribution < -0.4 is 0 Å². The third kappa shape index (κ3) is 10.6. The number of carbonyl (C=O) groups excluding carboxylic acids is 2. The second kappa shape index (κ2) is 8.48. The van der Waals surface area contributed by atoms with Crippen LogP contribution in [0.15, 0.2) is 0 Å². The Balaban J connectivity index is 4.10. The van der Waals surface area contributed by atoms with Gasteiger partial charge in [-0.05, 0) is 54.4 Å². The molecule has 0 radical (unpaired) electrons. The predicted molar refractivity (Wildman–Crippen MR) is 81.4 cm³/mol. The summed E-state index contributed by atoms with van der Waals surface area (Å²) in [5.74, 6) is -1.61. The molecule has 0 aromatic rings. The molecule has 2 atom stereocenters. The van der Waals surface area contributed by atoms with Gasteiger partial charge >= 0.3 is 11.9 Å². The fourth-order valence-electron chi connectivity index (χ4n) is 1.23. The first kappa shape index (κ1) is 20.9. The van der Waals surface area contributed by atoms with Gasteiger partial charge < -0.3 is 0 Å². The lowest BCUT2D eigenvalue weighted by Gasteiger charge is -2.20. The second-order valence-electron chi connectivity index (χ2n) is 7.58. The Morgan fingerprint density at radius 2 is 1.00 bits per heavy atom. The Labute approximate surface area is 133 Å². The molecule has 0 aromatic carbocycles. The van der Waals surface area contributed by atoms with Crippen LogP contribution in [-0.2, 0) is 29.1 Å². The maximum Gasteiger partial charge on any atom is 0.345 e. The molecule has 22 heavy (non-hydrogen) atoms. The van der Waals surface area contributed by atoms with Crippen LogP contribution in [0.2, 0.25) is 0 Å². The molecule has 0 bridgehead atoms. The third-order valence-corrected chi connectivity index (χ3v) is 2.59. The summed E-state index contributed by atoms with van der Waals surface area (Å²) >= 11 is 0. The van der Waals surface area contributed by atoms with E-state index in [2.05, 4.69) is 0 Å². The maximum atomic E-state index is 11.7. The van der Waals surface area contributed by atoms with Crippen molar-refractivity contribution in [2.75, 3.05) is 0 Å². The summed E-state index contributed by atoms with van der Waals surface area (Å²) in [6.07, 6.45) is 0.996. The van der Waals surface area contributed by atoms with Gasteiger partial charge in [-0.3, -0.25) is 9.78 Å². The molecular weight excluding hydrogens is 288 g/mol. The summed E-state index contributed by atoms with van der Waals surface area (Å²) in [4.78, 5) is 43.0. The molecule has 2 unspecified atom stereocenters. The van der Waals surface area contributed by atoms with Crippen LogP contribution in [0, 0.1) is 11.8 Å². The Bertz CT molecular complexity index is 328. The summed E-state index contributed by atoms with van der Waals surface area (Å²) in [5, 5.41) is 0. The average molecular weight is 318 g/mol. The minimum Gasteiger partial charge on any atom is -0.298 e. The van der Waals surface area contributed by atoms with Gasteiger partial charge in [0, 0.05) is 0 Å². The van der Waals surface area contributed by atoms with Crippen LogP contribution in [-0.4, -0.2) is 23.1 Å². The van der Waals surface area contributed by atoms with Crippen LogP contribution >= 0.6 is 0 Å². The van der Waals surface area contributed by atoms with Gasteiger partial charge in [0.15, 0.2) is 0 Å². The molecule has 0 aliphatic rings. The van der Waals surface area contributed by atoms with Gasteiger partial charge in [-0.1, -0.05) is 13.8 Å². The molecule has 0 aliphatic heterocycles. The molecule has 0 N–H and O–H groups in total. The van der Waals surface area contributed by atoms with E-state index in [1.165, 1.54) is 0 Å². The molecule has 0 heterocycles. The molecule has 0 saturated heterocycles. The summed E-state index contributed by atoms with van der Waals surface area (Å²) in [6.45, 7) is 14.2. The summed E-state index contributed by atoms with van der Waals surface area (Å²) in [5.41, 5.74) is -1.09. The van der Waals surface area contributed by atoms with Crippen molar-refractivity contribution < 1.29 is 29.1 Å². The van der Waals surface area contributed by atoms with Crippen molar-refractivity contribution in [3.63, 3.8) is 0 Å². The standard InChI is InChI=1S/C16H30O6/c1-11(13(17)19-21-15(3,4)5)9-10-12(2)14(18)20-22-16(6,7)8/h11-12H,9-10H2,1-8H3. The minimum atomic E-state index is -0.545. The fraction of sp³-hybridized carbons (Fsp3) is 0.875. The lowest BCUT2D eigenvalue weighted by molar-refractivity contribution is -0.324. The van der Waals surface area contributed by atoms with Crippen molar-refractivity contribution in [1.29, 1.82) is 0 Å². The topological polar surface area (TPSA) is 71.1 Å². The maximum absolute atomic E-state index is 11.7. The van der Waals surface area contributed by atoms with Crippen molar-refractivity contribution in [3.8, 4) is 0 Å². The van der Waals surface area contributed by atoms with Crippen molar-refractivity contribution in [3.05, 3.63) is 0 Å². The van der Waals surface area contributed by atoms with Gasteiger partial charge in [0.05, 0.1) is 11.8 Å². The predicted octanol–water partition coefficient (Wildman–Crippen LogP) is 3.59. The van der Waals surface area contributed by atoms with E-state index in [1.807, 2.05) is 0 Å². The number of hydrogen-bond acceptors (Lipinski definition) is 6. The van der Waals surface area contributed by atoms with Gasteiger partial charge in [-0.2, -0.15) is 9.78 Å². The Kier molecular flexibility index (Phi) is 8.04. The number of hydrogen-bond donors (Lipinski definition) is 0. The van der Waals surface area contributed by atoms with E-state index in [9.17, 15) is 9.59 Å². The summed E-state index contributed by atoms with van der Waals surface area (Å²) in [7, 11) is 0. The molecule has 6 heteroatoms. The Morgan fingerprint density at radius 3 is 1.23 bits per heavy atom. The molecule has 0 saturated carbocycles. The molecule has 0 rings (SSSR count). The lowest BCUT2D eigenvalue weighted by atomic mass is 9.98. The Morgan fingerprint density at radius 1 is 0.727 bits per heavy atom. The van der Waals surface area contributed by atoms with Crippen molar-refractivity contribution >= 4 is 11.9 Å². The van der Waals surface area contributed by atoms with E-state index in [-0.39, 0.29) is 11.8 Å². The highest BCUT2D eigenvalue weighted by molar-refractivity contribution is 5.72. The molecular formula is C16H30O6. The fourth-order valence-corrected chi connectivity index (χ4v) is 1.23. The highest BCUT2D eigenvalue weighted by atomic mass is 17.2. The van der Waals surface area contributed by atoms with Gasteiger partial charge in [0.2, 0.25) is 0 Å². The van der Waals surface area contributed by atoms with Crippen molar-refractivity contribution in [2.45, 2.75) is 79.4 Å². The zero-order valence-electron chi connectivity index (χ0n) is 15.0. The average Bonchev–Trinajstić information content (AvgIpc) is 2.37. The smallest absolute Gasteiger partial charge is 0.298 e. The zero-order valence-corrected chi connectivity index (χ0v) is 15.0. The van der Waals surface area contributed by atoms with E-state index >= 15 is 0 Å². The van der Waals surface area contributed by atoms with Crippen LogP contribution in [0.4, 0.5) is 0 Å². The zero-order chi connectivity index (χ0) is 17.6.